The number of hydrogen-bond acceptors (Lipinski definition) is 8. The lowest BCUT2D eigenvalue weighted by atomic mass is 10.0. The molecule has 1 aliphatic heterocycles. The van der Waals surface area contributed by atoms with E-state index in [9.17, 15) is 4.39 Å². The second-order valence-electron chi connectivity index (χ2n) is 6.47. The standard InChI is InChI=1S/C21H20FN5O3/c1-28-14-7-13(8-15(10-14)29-2)26-21-24-11-17(22)20(27-21)25-12-3-4-19-16(9-12)18(23)5-6-30-19/h3-11,18H,23H2,1-2H3,(H2,24,25,26,27). The van der Waals surface area contributed by atoms with Gasteiger partial charge in [-0.1, -0.05) is 0 Å². The Kier molecular flexibility index (Phi) is 5.36. The number of methoxy groups -OCH3 is 2. The number of nitrogens with zero attached hydrogens (tertiary/aromatic N) is 2. The van der Waals surface area contributed by atoms with Crippen molar-refractivity contribution in [2.75, 3.05) is 24.9 Å². The van der Waals surface area contributed by atoms with Crippen molar-refractivity contribution in [2.45, 2.75) is 6.04 Å². The predicted molar refractivity (Wildman–Crippen MR) is 111 cm³/mol. The third-order valence-corrected chi connectivity index (χ3v) is 4.46. The lowest BCUT2D eigenvalue weighted by molar-refractivity contribution is 0.395. The fourth-order valence-corrected chi connectivity index (χ4v) is 2.96. The quantitative estimate of drug-likeness (QED) is 0.561. The highest BCUT2D eigenvalue weighted by Gasteiger charge is 2.16. The Morgan fingerprint density at radius 2 is 1.80 bits per heavy atom. The van der Waals surface area contributed by atoms with E-state index in [1.807, 2.05) is 0 Å². The van der Waals surface area contributed by atoms with Crippen molar-refractivity contribution in [3.63, 3.8) is 0 Å². The molecule has 0 fully saturated rings. The lowest BCUT2D eigenvalue weighted by Gasteiger charge is -2.18. The number of halogens is 1. The molecule has 4 N–H and O–H groups in total. The Hall–Kier alpha value is -3.85. The van der Waals surface area contributed by atoms with Gasteiger partial charge in [0.2, 0.25) is 5.95 Å². The normalized spacial score (nSPS) is 14.5. The van der Waals surface area contributed by atoms with E-state index in [0.29, 0.717) is 28.6 Å². The Balaban J connectivity index is 1.58. The van der Waals surface area contributed by atoms with E-state index in [0.717, 1.165) is 11.8 Å². The second-order valence-corrected chi connectivity index (χ2v) is 6.47. The van der Waals surface area contributed by atoms with Crippen molar-refractivity contribution in [3.05, 3.63) is 66.3 Å². The van der Waals surface area contributed by atoms with Gasteiger partial charge in [0.05, 0.1) is 32.7 Å². The fraction of sp³-hybridized carbons (Fsp3) is 0.143. The molecule has 0 bridgehead atoms. The Morgan fingerprint density at radius 1 is 1.03 bits per heavy atom. The predicted octanol–water partition coefficient (Wildman–Crippen LogP) is 4.03. The maximum Gasteiger partial charge on any atom is 0.229 e. The zero-order chi connectivity index (χ0) is 21.1. The SMILES string of the molecule is COc1cc(Nc2ncc(F)c(Nc3ccc4c(c3)C(N)C=CO4)n2)cc(OC)c1. The van der Waals surface area contributed by atoms with Gasteiger partial charge in [-0.05, 0) is 24.3 Å². The van der Waals surface area contributed by atoms with Crippen LogP contribution in [-0.2, 0) is 0 Å². The smallest absolute Gasteiger partial charge is 0.229 e. The Labute approximate surface area is 172 Å². The number of benzene rings is 2. The average molecular weight is 409 g/mol. The summed E-state index contributed by atoms with van der Waals surface area (Å²) in [6, 6.07) is 10.3. The highest BCUT2D eigenvalue weighted by atomic mass is 19.1. The molecule has 0 saturated carbocycles. The average Bonchev–Trinajstić information content (AvgIpc) is 2.76. The van der Waals surface area contributed by atoms with Crippen LogP contribution in [0.25, 0.3) is 0 Å². The molecule has 1 aliphatic rings. The molecule has 8 nitrogen and oxygen atoms in total. The fourth-order valence-electron chi connectivity index (χ4n) is 2.96. The topological polar surface area (TPSA) is 104 Å². The van der Waals surface area contributed by atoms with E-state index in [1.54, 1.807) is 63.0 Å². The molecule has 30 heavy (non-hydrogen) atoms. The first-order valence-corrected chi connectivity index (χ1v) is 9.08. The molecule has 2 heterocycles. The van der Waals surface area contributed by atoms with Gasteiger partial charge in [0.25, 0.3) is 0 Å². The molecule has 0 amide bonds. The van der Waals surface area contributed by atoms with Crippen LogP contribution in [0.3, 0.4) is 0 Å². The molecule has 9 heteroatoms. The third-order valence-electron chi connectivity index (χ3n) is 4.46. The summed E-state index contributed by atoms with van der Waals surface area (Å²) in [5.41, 5.74) is 8.11. The van der Waals surface area contributed by atoms with Crippen LogP contribution in [0.15, 0.2) is 54.9 Å². The van der Waals surface area contributed by atoms with Crippen LogP contribution < -0.4 is 30.6 Å². The minimum Gasteiger partial charge on any atom is -0.497 e. The number of ether oxygens (including phenoxy) is 3. The second kappa shape index (κ2) is 8.26. The summed E-state index contributed by atoms with van der Waals surface area (Å²) in [5.74, 6) is 1.48. The van der Waals surface area contributed by atoms with Crippen LogP contribution in [0.4, 0.5) is 27.5 Å². The van der Waals surface area contributed by atoms with E-state index in [2.05, 4.69) is 20.6 Å². The van der Waals surface area contributed by atoms with Crippen molar-refractivity contribution in [1.82, 2.24) is 9.97 Å². The molecule has 4 rings (SSSR count). The van der Waals surface area contributed by atoms with Crippen LogP contribution in [0.5, 0.6) is 17.2 Å². The first-order valence-electron chi connectivity index (χ1n) is 9.08. The third kappa shape index (κ3) is 4.11. The molecular weight excluding hydrogens is 389 g/mol. The molecule has 1 unspecified atom stereocenters. The Morgan fingerprint density at radius 3 is 2.53 bits per heavy atom. The van der Waals surface area contributed by atoms with Gasteiger partial charge in [0.15, 0.2) is 11.6 Å². The molecule has 0 aliphatic carbocycles. The number of aromatic nitrogens is 2. The van der Waals surface area contributed by atoms with E-state index in [1.165, 1.54) is 0 Å². The van der Waals surface area contributed by atoms with Crippen molar-refractivity contribution in [1.29, 1.82) is 0 Å². The van der Waals surface area contributed by atoms with Crippen molar-refractivity contribution < 1.29 is 18.6 Å². The zero-order valence-corrected chi connectivity index (χ0v) is 16.3. The van der Waals surface area contributed by atoms with Gasteiger partial charge in [0, 0.05) is 35.1 Å². The number of hydrogen-bond donors (Lipinski definition) is 3. The van der Waals surface area contributed by atoms with Gasteiger partial charge in [0.1, 0.15) is 17.2 Å². The first kappa shape index (κ1) is 19.5. The van der Waals surface area contributed by atoms with Gasteiger partial charge < -0.3 is 30.6 Å². The molecular formula is C21H20FN5O3. The maximum absolute atomic E-state index is 14.3. The molecule has 0 spiro atoms. The summed E-state index contributed by atoms with van der Waals surface area (Å²) in [5, 5.41) is 5.99. The minimum atomic E-state index is -0.595. The summed E-state index contributed by atoms with van der Waals surface area (Å²) in [4.78, 5) is 8.24. The molecule has 154 valence electrons. The van der Waals surface area contributed by atoms with Gasteiger partial charge in [-0.2, -0.15) is 4.98 Å². The molecule has 3 aromatic rings. The van der Waals surface area contributed by atoms with Crippen LogP contribution in [0.2, 0.25) is 0 Å². The first-order chi connectivity index (χ1) is 14.6. The highest BCUT2D eigenvalue weighted by Crippen LogP contribution is 2.33. The number of fused-ring (bicyclic) bond motifs is 1. The summed E-state index contributed by atoms with van der Waals surface area (Å²) >= 11 is 0. The van der Waals surface area contributed by atoms with Gasteiger partial charge in [-0.15, -0.1) is 0 Å². The van der Waals surface area contributed by atoms with Gasteiger partial charge in [-0.3, -0.25) is 0 Å². The van der Waals surface area contributed by atoms with Gasteiger partial charge in [-0.25, -0.2) is 9.37 Å². The number of rotatable bonds is 6. The van der Waals surface area contributed by atoms with Crippen LogP contribution in [0.1, 0.15) is 11.6 Å². The van der Waals surface area contributed by atoms with Gasteiger partial charge >= 0.3 is 0 Å². The monoisotopic (exact) mass is 409 g/mol. The van der Waals surface area contributed by atoms with Crippen LogP contribution in [0, 0.1) is 5.82 Å². The van der Waals surface area contributed by atoms with E-state index in [-0.39, 0.29) is 17.8 Å². The molecule has 1 aromatic heterocycles. The Bertz CT molecular complexity index is 1080. The molecule has 1 atom stereocenters. The summed E-state index contributed by atoms with van der Waals surface area (Å²) in [6.07, 6.45) is 4.38. The molecule has 0 saturated heterocycles. The minimum absolute atomic E-state index is 0.0168. The lowest BCUT2D eigenvalue weighted by Crippen LogP contribution is -2.12. The highest BCUT2D eigenvalue weighted by molar-refractivity contribution is 5.64. The maximum atomic E-state index is 14.3. The molecule has 2 aromatic carbocycles. The van der Waals surface area contributed by atoms with Crippen LogP contribution >= 0.6 is 0 Å². The van der Waals surface area contributed by atoms with E-state index >= 15 is 0 Å². The summed E-state index contributed by atoms with van der Waals surface area (Å²) < 4.78 is 30.3. The number of nitrogens with one attached hydrogen (secondary N) is 2. The van der Waals surface area contributed by atoms with E-state index < -0.39 is 5.82 Å². The zero-order valence-electron chi connectivity index (χ0n) is 16.3. The number of nitrogens with two attached hydrogens (primary N) is 1. The summed E-state index contributed by atoms with van der Waals surface area (Å²) in [6.45, 7) is 0. The largest absolute Gasteiger partial charge is 0.497 e. The van der Waals surface area contributed by atoms with Crippen molar-refractivity contribution in [3.8, 4) is 17.2 Å². The van der Waals surface area contributed by atoms with Crippen molar-refractivity contribution in [2.24, 2.45) is 5.73 Å². The number of anilines is 4. The summed E-state index contributed by atoms with van der Waals surface area (Å²) in [7, 11) is 3.11. The molecule has 0 radical (unpaired) electrons. The van der Waals surface area contributed by atoms with Crippen LogP contribution in [-0.4, -0.2) is 24.2 Å². The van der Waals surface area contributed by atoms with Crippen molar-refractivity contribution >= 4 is 23.1 Å². The van der Waals surface area contributed by atoms with E-state index in [4.69, 9.17) is 19.9 Å².